The predicted molar refractivity (Wildman–Crippen MR) is 108 cm³/mol. The van der Waals surface area contributed by atoms with Crippen molar-refractivity contribution >= 4 is 40.8 Å². The van der Waals surface area contributed by atoms with Gasteiger partial charge in [-0.1, -0.05) is 35.3 Å². The summed E-state index contributed by atoms with van der Waals surface area (Å²) in [5.74, 6) is -2.60. The average molecular weight is 436 g/mol. The molecule has 1 aliphatic heterocycles. The van der Waals surface area contributed by atoms with E-state index >= 15 is 0 Å². The molecular weight excluding hydrogens is 420 g/mol. The van der Waals surface area contributed by atoms with Crippen molar-refractivity contribution in [2.45, 2.75) is 5.92 Å². The van der Waals surface area contributed by atoms with E-state index in [0.717, 1.165) is 0 Å². The van der Waals surface area contributed by atoms with Gasteiger partial charge in [-0.05, 0) is 35.9 Å². The van der Waals surface area contributed by atoms with Gasteiger partial charge < -0.3 is 14.4 Å². The smallest absolute Gasteiger partial charge is 0.336 e. The topological polar surface area (TPSA) is 55.8 Å². The molecule has 0 atom stereocenters. The second-order valence-electron chi connectivity index (χ2n) is 6.11. The minimum atomic E-state index is -0.863. The summed E-state index contributed by atoms with van der Waals surface area (Å²) in [6.45, 7) is 0. The Morgan fingerprint density at radius 3 is 2.00 bits per heavy atom. The summed E-state index contributed by atoms with van der Waals surface area (Å²) in [7, 11) is 2.47. The standard InChI is InChI=1S/C21H16Cl2FNO4/c1-28-20(26)15-10-25(13-8-6-12(24)7-9-13)11-16(21(27)29-2)18(15)14-4-3-5-17(22)19(14)23/h3-11,18H,1-2H3. The van der Waals surface area contributed by atoms with Gasteiger partial charge in [0.15, 0.2) is 0 Å². The molecule has 1 aliphatic rings. The Balaban J connectivity index is 2.22. The number of methoxy groups -OCH3 is 2. The Bertz CT molecular complexity index is 984. The molecule has 0 saturated carbocycles. The molecule has 0 aromatic heterocycles. The number of hydrogen-bond acceptors (Lipinski definition) is 5. The first-order valence-corrected chi connectivity index (χ1v) is 9.20. The third-order valence-corrected chi connectivity index (χ3v) is 5.27. The van der Waals surface area contributed by atoms with Gasteiger partial charge in [-0.15, -0.1) is 0 Å². The summed E-state index contributed by atoms with van der Waals surface area (Å²) < 4.78 is 23.2. The zero-order chi connectivity index (χ0) is 21.1. The number of nitrogens with zero attached hydrogens (tertiary/aromatic N) is 1. The van der Waals surface area contributed by atoms with Gasteiger partial charge in [0, 0.05) is 18.1 Å². The van der Waals surface area contributed by atoms with Crippen LogP contribution in [0.3, 0.4) is 0 Å². The number of rotatable bonds is 4. The number of halogens is 3. The maximum absolute atomic E-state index is 13.3. The monoisotopic (exact) mass is 435 g/mol. The molecule has 0 fully saturated rings. The van der Waals surface area contributed by atoms with Crippen molar-refractivity contribution in [3.63, 3.8) is 0 Å². The highest BCUT2D eigenvalue weighted by atomic mass is 35.5. The van der Waals surface area contributed by atoms with E-state index in [1.165, 1.54) is 55.8 Å². The Morgan fingerprint density at radius 2 is 1.48 bits per heavy atom. The van der Waals surface area contributed by atoms with Gasteiger partial charge in [-0.3, -0.25) is 0 Å². The molecule has 0 N–H and O–H groups in total. The predicted octanol–water partition coefficient (Wildman–Crippen LogP) is 4.85. The third-order valence-electron chi connectivity index (χ3n) is 4.44. The van der Waals surface area contributed by atoms with Crippen LogP contribution in [0.2, 0.25) is 10.0 Å². The number of ether oxygens (including phenoxy) is 2. The number of esters is 2. The first-order valence-electron chi connectivity index (χ1n) is 8.45. The second-order valence-corrected chi connectivity index (χ2v) is 6.90. The van der Waals surface area contributed by atoms with Crippen LogP contribution in [0.1, 0.15) is 11.5 Å². The molecule has 0 saturated heterocycles. The highest BCUT2D eigenvalue weighted by Crippen LogP contribution is 2.42. The van der Waals surface area contributed by atoms with Gasteiger partial charge in [0.25, 0.3) is 0 Å². The number of anilines is 1. The molecule has 0 spiro atoms. The average Bonchev–Trinajstić information content (AvgIpc) is 2.74. The van der Waals surface area contributed by atoms with E-state index in [4.69, 9.17) is 32.7 Å². The molecule has 3 rings (SSSR count). The molecule has 0 bridgehead atoms. The van der Waals surface area contributed by atoms with E-state index in [2.05, 4.69) is 0 Å². The molecule has 29 heavy (non-hydrogen) atoms. The van der Waals surface area contributed by atoms with Crippen molar-refractivity contribution in [1.29, 1.82) is 0 Å². The zero-order valence-corrected chi connectivity index (χ0v) is 17.0. The lowest BCUT2D eigenvalue weighted by Gasteiger charge is -2.30. The van der Waals surface area contributed by atoms with Crippen molar-refractivity contribution in [3.05, 3.63) is 87.4 Å². The Hall–Kier alpha value is -2.83. The molecule has 0 radical (unpaired) electrons. The SMILES string of the molecule is COC(=O)C1=CN(c2ccc(F)cc2)C=C(C(=O)OC)C1c1cccc(Cl)c1Cl. The first kappa shape index (κ1) is 20.9. The van der Waals surface area contributed by atoms with Crippen LogP contribution in [0.15, 0.2) is 66.0 Å². The molecule has 2 aromatic rings. The fourth-order valence-electron chi connectivity index (χ4n) is 3.07. The van der Waals surface area contributed by atoms with Crippen LogP contribution >= 0.6 is 23.2 Å². The van der Waals surface area contributed by atoms with Crippen LogP contribution in [-0.2, 0) is 19.1 Å². The molecule has 0 amide bonds. The maximum atomic E-state index is 13.3. The number of carbonyl (C=O) groups excluding carboxylic acids is 2. The summed E-state index contributed by atoms with van der Waals surface area (Å²) in [6.07, 6.45) is 3.01. The Labute approximate surface area is 176 Å². The lowest BCUT2D eigenvalue weighted by molar-refractivity contribution is -0.137. The molecule has 150 valence electrons. The van der Waals surface area contributed by atoms with Gasteiger partial charge in [0.05, 0.1) is 41.3 Å². The van der Waals surface area contributed by atoms with E-state index in [-0.39, 0.29) is 21.2 Å². The lowest BCUT2D eigenvalue weighted by Crippen LogP contribution is -2.28. The third kappa shape index (κ3) is 4.13. The summed E-state index contributed by atoms with van der Waals surface area (Å²) in [5.41, 5.74) is 1.27. The summed E-state index contributed by atoms with van der Waals surface area (Å²) in [5, 5.41) is 0.484. The van der Waals surface area contributed by atoms with Crippen LogP contribution in [-0.4, -0.2) is 26.2 Å². The van der Waals surface area contributed by atoms with Gasteiger partial charge in [-0.25, -0.2) is 14.0 Å². The fraction of sp³-hybridized carbons (Fsp3) is 0.143. The Kier molecular flexibility index (Phi) is 6.25. The van der Waals surface area contributed by atoms with Crippen LogP contribution in [0, 0.1) is 5.82 Å². The molecule has 1 heterocycles. The molecule has 0 unspecified atom stereocenters. The minimum Gasteiger partial charge on any atom is -0.466 e. The second kappa shape index (κ2) is 8.68. The summed E-state index contributed by atoms with van der Waals surface area (Å²) in [4.78, 5) is 26.7. The number of hydrogen-bond donors (Lipinski definition) is 0. The quantitative estimate of drug-likeness (QED) is 0.642. The number of carbonyl (C=O) groups is 2. The maximum Gasteiger partial charge on any atom is 0.336 e. The van der Waals surface area contributed by atoms with Gasteiger partial charge in [0.2, 0.25) is 0 Å². The summed E-state index contributed by atoms with van der Waals surface area (Å²) in [6, 6.07) is 10.5. The highest BCUT2D eigenvalue weighted by molar-refractivity contribution is 6.42. The van der Waals surface area contributed by atoms with Crippen molar-refractivity contribution < 1.29 is 23.5 Å². The van der Waals surface area contributed by atoms with Gasteiger partial charge in [0.1, 0.15) is 5.82 Å². The van der Waals surface area contributed by atoms with Crippen LogP contribution in [0.4, 0.5) is 10.1 Å². The minimum absolute atomic E-state index is 0.142. The largest absolute Gasteiger partial charge is 0.466 e. The molecular formula is C21H16Cl2FNO4. The Morgan fingerprint density at radius 1 is 0.931 bits per heavy atom. The summed E-state index contributed by atoms with van der Waals surface area (Å²) >= 11 is 12.5. The van der Waals surface area contributed by atoms with Crippen molar-refractivity contribution in [2.75, 3.05) is 19.1 Å². The lowest BCUT2D eigenvalue weighted by atomic mass is 9.83. The van der Waals surface area contributed by atoms with Crippen molar-refractivity contribution in [1.82, 2.24) is 0 Å². The van der Waals surface area contributed by atoms with Crippen molar-refractivity contribution in [2.24, 2.45) is 0 Å². The van der Waals surface area contributed by atoms with E-state index in [0.29, 0.717) is 11.3 Å². The van der Waals surface area contributed by atoms with Crippen LogP contribution in [0.5, 0.6) is 0 Å². The zero-order valence-electron chi connectivity index (χ0n) is 15.5. The van der Waals surface area contributed by atoms with E-state index in [9.17, 15) is 14.0 Å². The molecule has 0 aliphatic carbocycles. The first-order chi connectivity index (χ1) is 13.9. The van der Waals surface area contributed by atoms with Crippen molar-refractivity contribution in [3.8, 4) is 0 Å². The molecule has 5 nitrogen and oxygen atoms in total. The number of benzene rings is 2. The van der Waals surface area contributed by atoms with Gasteiger partial charge in [-0.2, -0.15) is 0 Å². The van der Waals surface area contributed by atoms with E-state index in [1.54, 1.807) is 18.2 Å². The fourth-order valence-corrected chi connectivity index (χ4v) is 3.49. The molecule has 8 heteroatoms. The van der Waals surface area contributed by atoms with Crippen LogP contribution in [0.25, 0.3) is 0 Å². The normalized spacial score (nSPS) is 14.2. The highest BCUT2D eigenvalue weighted by Gasteiger charge is 2.36. The van der Waals surface area contributed by atoms with Gasteiger partial charge >= 0.3 is 11.9 Å². The van der Waals surface area contributed by atoms with Crippen LogP contribution < -0.4 is 4.90 Å². The molecule has 2 aromatic carbocycles. The van der Waals surface area contributed by atoms with E-state index < -0.39 is 23.7 Å². The van der Waals surface area contributed by atoms with E-state index in [1.807, 2.05) is 0 Å².